The monoisotopic (exact) mass is 228 g/mol. The summed E-state index contributed by atoms with van der Waals surface area (Å²) in [7, 11) is -2.41. The molecular formula is C8H14F2O3S. The second-order valence-electron chi connectivity index (χ2n) is 3.69. The normalized spacial score (nSPS) is 23.6. The van der Waals surface area contributed by atoms with Gasteiger partial charge in [-0.3, -0.25) is 4.18 Å². The SMILES string of the molecule is COS(=O)(=O)CC1CCC(F)(F)CC1. The van der Waals surface area contributed by atoms with E-state index in [-0.39, 0.29) is 37.4 Å². The third-order valence-corrected chi connectivity index (χ3v) is 3.92. The van der Waals surface area contributed by atoms with Gasteiger partial charge < -0.3 is 0 Å². The first-order valence-corrected chi connectivity index (χ1v) is 6.08. The van der Waals surface area contributed by atoms with E-state index >= 15 is 0 Å². The Morgan fingerprint density at radius 3 is 2.29 bits per heavy atom. The summed E-state index contributed by atoms with van der Waals surface area (Å²) < 4.78 is 51.7. The number of hydrogen-bond donors (Lipinski definition) is 0. The fraction of sp³-hybridized carbons (Fsp3) is 1.00. The Bertz CT molecular complexity index is 277. The summed E-state index contributed by atoms with van der Waals surface area (Å²) in [5.41, 5.74) is 0. The van der Waals surface area contributed by atoms with E-state index in [4.69, 9.17) is 0 Å². The zero-order chi connectivity index (χ0) is 10.8. The maximum atomic E-state index is 12.7. The standard InChI is InChI=1S/C8H14F2O3S/c1-13-14(11,12)6-7-2-4-8(9,10)5-3-7/h7H,2-6H2,1H3. The molecule has 1 aliphatic rings. The van der Waals surface area contributed by atoms with Gasteiger partial charge in [-0.1, -0.05) is 0 Å². The van der Waals surface area contributed by atoms with Crippen molar-refractivity contribution in [1.82, 2.24) is 0 Å². The molecule has 0 aromatic carbocycles. The molecular weight excluding hydrogens is 214 g/mol. The van der Waals surface area contributed by atoms with Crippen molar-refractivity contribution in [1.29, 1.82) is 0 Å². The minimum atomic E-state index is -3.50. The second kappa shape index (κ2) is 4.10. The average Bonchev–Trinajstić information content (AvgIpc) is 2.09. The van der Waals surface area contributed by atoms with E-state index in [1.807, 2.05) is 0 Å². The molecule has 1 aliphatic carbocycles. The fourth-order valence-electron chi connectivity index (χ4n) is 1.62. The van der Waals surface area contributed by atoms with E-state index in [2.05, 4.69) is 4.18 Å². The Morgan fingerprint density at radius 2 is 1.86 bits per heavy atom. The topological polar surface area (TPSA) is 43.4 Å². The molecule has 1 rings (SSSR count). The van der Waals surface area contributed by atoms with E-state index in [9.17, 15) is 17.2 Å². The summed E-state index contributed by atoms with van der Waals surface area (Å²) in [6, 6.07) is 0. The van der Waals surface area contributed by atoms with E-state index in [0.29, 0.717) is 0 Å². The number of hydrogen-bond acceptors (Lipinski definition) is 3. The molecule has 6 heteroatoms. The molecule has 0 unspecified atom stereocenters. The molecule has 3 nitrogen and oxygen atoms in total. The van der Waals surface area contributed by atoms with Gasteiger partial charge in [0.05, 0.1) is 12.9 Å². The van der Waals surface area contributed by atoms with Gasteiger partial charge in [0, 0.05) is 12.8 Å². The van der Waals surface area contributed by atoms with Gasteiger partial charge in [-0.15, -0.1) is 0 Å². The fourth-order valence-corrected chi connectivity index (χ4v) is 2.67. The Hall–Kier alpha value is -0.230. The molecule has 0 bridgehead atoms. The third-order valence-electron chi connectivity index (χ3n) is 2.53. The molecule has 0 amide bonds. The highest BCUT2D eigenvalue weighted by Crippen LogP contribution is 2.36. The van der Waals surface area contributed by atoms with Crippen LogP contribution >= 0.6 is 0 Å². The first-order chi connectivity index (χ1) is 6.35. The summed E-state index contributed by atoms with van der Waals surface area (Å²) in [4.78, 5) is 0. The van der Waals surface area contributed by atoms with Gasteiger partial charge in [0.1, 0.15) is 0 Å². The Balaban J connectivity index is 2.44. The van der Waals surface area contributed by atoms with E-state index in [1.54, 1.807) is 0 Å². The molecule has 0 N–H and O–H groups in total. The zero-order valence-corrected chi connectivity index (χ0v) is 8.82. The molecule has 0 radical (unpaired) electrons. The number of halogens is 2. The first-order valence-electron chi connectivity index (χ1n) is 4.51. The lowest BCUT2D eigenvalue weighted by molar-refractivity contribution is -0.0436. The minimum Gasteiger partial charge on any atom is -0.273 e. The molecule has 0 saturated heterocycles. The van der Waals surface area contributed by atoms with Gasteiger partial charge in [-0.05, 0) is 18.8 Å². The lowest BCUT2D eigenvalue weighted by Crippen LogP contribution is -2.28. The van der Waals surface area contributed by atoms with Gasteiger partial charge in [0.15, 0.2) is 0 Å². The molecule has 84 valence electrons. The van der Waals surface area contributed by atoms with E-state index in [0.717, 1.165) is 7.11 Å². The quantitative estimate of drug-likeness (QED) is 0.692. The highest BCUT2D eigenvalue weighted by molar-refractivity contribution is 7.86. The summed E-state index contributed by atoms with van der Waals surface area (Å²) in [6.45, 7) is 0. The van der Waals surface area contributed by atoms with Crippen LogP contribution in [0.2, 0.25) is 0 Å². The highest BCUT2D eigenvalue weighted by atomic mass is 32.2. The van der Waals surface area contributed by atoms with E-state index in [1.165, 1.54) is 0 Å². The average molecular weight is 228 g/mol. The van der Waals surface area contributed by atoms with Crippen LogP contribution in [0.1, 0.15) is 25.7 Å². The molecule has 0 aromatic rings. The van der Waals surface area contributed by atoms with Crippen LogP contribution in [0.25, 0.3) is 0 Å². The molecule has 14 heavy (non-hydrogen) atoms. The number of alkyl halides is 2. The second-order valence-corrected chi connectivity index (χ2v) is 5.47. The third kappa shape index (κ3) is 3.49. The maximum Gasteiger partial charge on any atom is 0.267 e. The van der Waals surface area contributed by atoms with Crippen LogP contribution in [0.3, 0.4) is 0 Å². The summed E-state index contributed by atoms with van der Waals surface area (Å²) in [5.74, 6) is -2.92. The molecule has 1 saturated carbocycles. The summed E-state index contributed by atoms with van der Waals surface area (Å²) in [5, 5.41) is 0. The molecule has 0 aliphatic heterocycles. The van der Waals surface area contributed by atoms with Crippen LogP contribution in [0, 0.1) is 5.92 Å². The van der Waals surface area contributed by atoms with Gasteiger partial charge in [-0.2, -0.15) is 8.42 Å². The van der Waals surface area contributed by atoms with Crippen molar-refractivity contribution in [2.75, 3.05) is 12.9 Å². The van der Waals surface area contributed by atoms with Crippen molar-refractivity contribution in [3.8, 4) is 0 Å². The van der Waals surface area contributed by atoms with Gasteiger partial charge >= 0.3 is 0 Å². The van der Waals surface area contributed by atoms with Crippen LogP contribution in [-0.2, 0) is 14.3 Å². The van der Waals surface area contributed by atoms with Crippen molar-refractivity contribution >= 4 is 10.1 Å². The van der Waals surface area contributed by atoms with Gasteiger partial charge in [0.25, 0.3) is 10.1 Å². The molecule has 0 atom stereocenters. The molecule has 0 aromatic heterocycles. The van der Waals surface area contributed by atoms with Crippen molar-refractivity contribution in [3.63, 3.8) is 0 Å². The molecule has 1 fully saturated rings. The maximum absolute atomic E-state index is 12.7. The molecule has 0 spiro atoms. The van der Waals surface area contributed by atoms with E-state index < -0.39 is 16.0 Å². The van der Waals surface area contributed by atoms with Gasteiger partial charge in [0.2, 0.25) is 5.92 Å². The predicted molar refractivity (Wildman–Crippen MR) is 47.7 cm³/mol. The van der Waals surface area contributed by atoms with Crippen molar-refractivity contribution in [2.45, 2.75) is 31.6 Å². The Labute approximate surface area is 82.6 Å². The zero-order valence-electron chi connectivity index (χ0n) is 8.00. The van der Waals surface area contributed by atoms with Gasteiger partial charge in [-0.25, -0.2) is 8.78 Å². The van der Waals surface area contributed by atoms with Crippen LogP contribution in [0.15, 0.2) is 0 Å². The predicted octanol–water partition coefficient (Wildman–Crippen LogP) is 1.79. The van der Waals surface area contributed by atoms with Crippen molar-refractivity contribution in [3.05, 3.63) is 0 Å². The number of rotatable bonds is 3. The Kier molecular flexibility index (Phi) is 3.47. The lowest BCUT2D eigenvalue weighted by atomic mass is 9.88. The lowest BCUT2D eigenvalue weighted by Gasteiger charge is -2.27. The van der Waals surface area contributed by atoms with Crippen molar-refractivity contribution < 1.29 is 21.4 Å². The summed E-state index contributed by atoms with van der Waals surface area (Å²) >= 11 is 0. The molecule has 0 heterocycles. The highest BCUT2D eigenvalue weighted by Gasteiger charge is 2.36. The van der Waals surface area contributed by atoms with Crippen LogP contribution in [0.5, 0.6) is 0 Å². The Morgan fingerprint density at radius 1 is 1.36 bits per heavy atom. The largest absolute Gasteiger partial charge is 0.273 e. The minimum absolute atomic E-state index is 0.139. The van der Waals surface area contributed by atoms with Crippen molar-refractivity contribution in [2.24, 2.45) is 5.92 Å². The first kappa shape index (κ1) is 11.8. The van der Waals surface area contributed by atoms with Crippen LogP contribution < -0.4 is 0 Å². The summed E-state index contributed by atoms with van der Waals surface area (Å²) in [6.07, 6.45) is 0.0962. The van der Waals surface area contributed by atoms with Crippen LogP contribution in [-0.4, -0.2) is 27.2 Å². The van der Waals surface area contributed by atoms with Crippen LogP contribution in [0.4, 0.5) is 8.78 Å². The smallest absolute Gasteiger partial charge is 0.267 e.